The third kappa shape index (κ3) is 26.0. The first kappa shape index (κ1) is 91.1. The number of guanidine groups is 1. The molecule has 6 aromatic rings. The Morgan fingerprint density at radius 3 is 1.87 bits per heavy atom. The minimum Gasteiger partial charge on any atom is -0.508 e. The molecule has 10 atom stereocenters. The fourth-order valence-electron chi connectivity index (χ4n) is 14.3. The summed E-state index contributed by atoms with van der Waals surface area (Å²) in [6, 6.07) is 9.25. The highest BCUT2D eigenvalue weighted by Gasteiger charge is 2.43. The van der Waals surface area contributed by atoms with Crippen molar-refractivity contribution < 1.29 is 76.8 Å². The van der Waals surface area contributed by atoms with Crippen LogP contribution in [0, 0.1) is 25.6 Å². The molecule has 19 N–H and O–H groups in total. The van der Waals surface area contributed by atoms with Crippen molar-refractivity contribution in [3.8, 4) is 11.5 Å². The van der Waals surface area contributed by atoms with Crippen molar-refractivity contribution >= 4 is 122 Å². The number of primary amides is 1. The van der Waals surface area contributed by atoms with Crippen LogP contribution in [0.5, 0.6) is 11.5 Å². The number of nitrogens with zero attached hydrogens (tertiary/aromatic N) is 4. The van der Waals surface area contributed by atoms with Crippen LogP contribution in [0.1, 0.15) is 127 Å². The predicted octanol–water partition coefficient (Wildman–Crippen LogP) is 2.43. The average molecular weight is 1660 g/mol. The fraction of sp³-hybridized carbons (Fsp3) is 0.481. The van der Waals surface area contributed by atoms with Crippen LogP contribution in [0.4, 0.5) is 17.1 Å². The SMILES string of the molecule is CCC[C@H](NC(=O)[C@H](C)NC(=O)[C@H](Cc1ccc(O)cc1)NC(=O)[C@@H]1CCCN1C(=O)C(CCCCN)NC(=O)[C@@H]1CCCN1C(=O)[C@H](CCCNC(=N)N)NC(=O)Cc1cc(=O)oc2cc(OC)ccc12)C(=O)N[C@@H](Cc1c[nH]c2ccccc12)C(=O)N[C@@H](CCSC)C(=O)N[C@@H](CCCCNc1ccc([N+](=O)[O-])cc1[N+](=O)[O-])C(N)=O. The monoisotopic (exact) mass is 1660 g/mol. The molecule has 0 saturated carbocycles. The van der Waals surface area contributed by atoms with Gasteiger partial charge in [0.1, 0.15) is 83.2 Å². The second-order valence-corrected chi connectivity index (χ2v) is 30.0. The second kappa shape index (κ2) is 44.6. The van der Waals surface area contributed by atoms with Crippen molar-refractivity contribution in [1.82, 2.24) is 62.6 Å². The maximum atomic E-state index is 15.0. The smallest absolute Gasteiger partial charge is 0.336 e. The van der Waals surface area contributed by atoms with E-state index in [1.807, 2.05) is 12.1 Å². The molecule has 4 aromatic carbocycles. The van der Waals surface area contributed by atoms with Gasteiger partial charge in [-0.1, -0.05) is 43.7 Å². The summed E-state index contributed by atoms with van der Waals surface area (Å²) in [5, 5.41) is 69.5. The van der Waals surface area contributed by atoms with Crippen molar-refractivity contribution in [3.05, 3.63) is 145 Å². The molecule has 2 aromatic heterocycles. The number of nitro groups is 2. The summed E-state index contributed by atoms with van der Waals surface area (Å²) in [5.74, 6) is -7.94. The Hall–Kier alpha value is -12.4. The summed E-state index contributed by atoms with van der Waals surface area (Å²) in [4.78, 5) is 199. The van der Waals surface area contributed by atoms with Gasteiger partial charge in [-0.2, -0.15) is 11.8 Å². The number of aromatic amines is 1. The molecule has 2 aliphatic rings. The lowest BCUT2D eigenvalue weighted by atomic mass is 10.0. The number of benzene rings is 4. The highest BCUT2D eigenvalue weighted by atomic mass is 32.2. The number of carbonyl (C=O) groups excluding carboxylic acids is 11. The van der Waals surface area contributed by atoms with Crippen molar-refractivity contribution in [3.63, 3.8) is 0 Å². The van der Waals surface area contributed by atoms with Gasteiger partial charge in [-0.25, -0.2) is 4.79 Å². The van der Waals surface area contributed by atoms with Crippen LogP contribution in [0.2, 0.25) is 0 Å². The summed E-state index contributed by atoms with van der Waals surface area (Å²) in [6.45, 7) is 3.81. The number of thioether (sulfide) groups is 1. The second-order valence-electron chi connectivity index (χ2n) is 29.0. The molecule has 39 heteroatoms. The number of para-hydroxylation sites is 1. The lowest BCUT2D eigenvalue weighted by Gasteiger charge is -2.32. The van der Waals surface area contributed by atoms with Gasteiger partial charge in [-0.3, -0.25) is 78.4 Å². The summed E-state index contributed by atoms with van der Waals surface area (Å²) in [7, 11) is 1.44. The number of likely N-dealkylation sites (tertiary alicyclic amines) is 2. The molecule has 1 unspecified atom stereocenters. The number of anilines is 1. The fourth-order valence-corrected chi connectivity index (χ4v) is 14.7. The van der Waals surface area contributed by atoms with Crippen molar-refractivity contribution in [1.29, 1.82) is 5.41 Å². The number of ether oxygens (including phenoxy) is 1. The van der Waals surface area contributed by atoms with Gasteiger partial charge in [-0.05, 0) is 168 Å². The maximum absolute atomic E-state index is 15.0. The number of unbranched alkanes of at least 4 members (excludes halogenated alkanes) is 2. The summed E-state index contributed by atoms with van der Waals surface area (Å²) in [5.41, 5.74) is 17.8. The first-order valence-electron chi connectivity index (χ1n) is 39.2. The topological polar surface area (TPSA) is 578 Å². The van der Waals surface area contributed by atoms with E-state index in [9.17, 15) is 78.1 Å². The zero-order valence-corrected chi connectivity index (χ0v) is 67.0. The largest absolute Gasteiger partial charge is 0.508 e. The number of hydrogen-bond acceptors (Lipinski definition) is 23. The van der Waals surface area contributed by atoms with Crippen molar-refractivity contribution in [2.24, 2.45) is 17.2 Å². The molecule has 8 rings (SSSR count). The van der Waals surface area contributed by atoms with Crippen LogP contribution < -0.4 is 80.7 Å². The molecule has 0 aliphatic carbocycles. The van der Waals surface area contributed by atoms with Crippen LogP contribution in [0.3, 0.4) is 0 Å². The number of H-pyrrole nitrogens is 1. The Balaban J connectivity index is 0.931. The Bertz CT molecular complexity index is 4660. The number of nitrogens with two attached hydrogens (primary N) is 3. The van der Waals surface area contributed by atoms with E-state index >= 15 is 4.79 Å². The van der Waals surface area contributed by atoms with E-state index in [0.29, 0.717) is 83.0 Å². The summed E-state index contributed by atoms with van der Waals surface area (Å²) in [6.07, 6.45) is 5.94. The van der Waals surface area contributed by atoms with E-state index < -0.39 is 152 Å². The quantitative estimate of drug-likeness (QED) is 0.00651. The molecule has 0 radical (unpaired) electrons. The van der Waals surface area contributed by atoms with E-state index in [-0.39, 0.29) is 133 Å². The standard InChI is InChI=1S/C79H105N19O19S/c1-5-15-57(71(104)93-62(39-48-44-86-54-17-7-6-16-52(48)54)74(107)91-58(31-37-118-4)72(105)89-56(69(81)102)18-9-11-33-84-55-30-25-49(97(112)113)42-65(55)98(114)115)90-70(103)45(2)87-73(106)61(38-46-23-26-50(99)27-24-46)94-76(109)64-22-14-36-96(64)78(111)60(19-8-10-32-80)92-75(108)63-21-13-35-95(63)77(110)59(20-12-34-85-79(82)83)88-67(100)40-47-41-68(101)117-66-43-51(116-3)28-29-53(47)66/h6-7,16-17,23-30,41-45,56-64,84,86,99H,5,8-15,18-22,31-40,80H2,1-4H3,(H2,81,102)(H,87,106)(H,88,100)(H,89,105)(H,90,103)(H,91,107)(H,92,108)(H,93,104)(H,94,109)(H4,82,83,85)/t45-,56-,57-,58-,59-,60?,61-,62-,63-,64-/m0/s1. The molecule has 2 aliphatic heterocycles. The molecule has 2 saturated heterocycles. The van der Waals surface area contributed by atoms with Gasteiger partial charge in [-0.15, -0.1) is 0 Å². The van der Waals surface area contributed by atoms with Crippen LogP contribution >= 0.6 is 11.8 Å². The third-order valence-corrected chi connectivity index (χ3v) is 21.1. The van der Waals surface area contributed by atoms with E-state index in [1.54, 1.807) is 43.6 Å². The van der Waals surface area contributed by atoms with Gasteiger partial charge in [0.2, 0.25) is 65.0 Å². The normalized spacial score (nSPS) is 15.8. The number of nitrogens with one attached hydrogen (secondary N) is 12. The number of methoxy groups -OCH3 is 1. The zero-order chi connectivity index (χ0) is 85.7. The predicted molar refractivity (Wildman–Crippen MR) is 438 cm³/mol. The number of rotatable bonds is 46. The number of hydrogen-bond donors (Lipinski definition) is 16. The highest BCUT2D eigenvalue weighted by Crippen LogP contribution is 2.31. The molecule has 4 heterocycles. The molecule has 118 heavy (non-hydrogen) atoms. The molecule has 11 amide bonds. The van der Waals surface area contributed by atoms with Gasteiger partial charge >= 0.3 is 5.63 Å². The highest BCUT2D eigenvalue weighted by molar-refractivity contribution is 7.98. The van der Waals surface area contributed by atoms with Crippen LogP contribution in [0.25, 0.3) is 21.9 Å². The molecule has 636 valence electrons. The van der Waals surface area contributed by atoms with Crippen LogP contribution in [0.15, 0.2) is 106 Å². The Morgan fingerprint density at radius 2 is 1.24 bits per heavy atom. The van der Waals surface area contributed by atoms with Crippen molar-refractivity contribution in [2.45, 2.75) is 190 Å². The Kier molecular flexibility index (Phi) is 34.4. The number of phenols is 1. The number of nitro benzene ring substituents is 2. The molecule has 38 nitrogen and oxygen atoms in total. The van der Waals surface area contributed by atoms with E-state index in [4.69, 9.17) is 31.8 Å². The van der Waals surface area contributed by atoms with E-state index in [1.165, 1.54) is 78.1 Å². The summed E-state index contributed by atoms with van der Waals surface area (Å²) < 4.78 is 10.6. The number of aromatic hydroxyl groups is 1. The number of non-ortho nitro benzene ring substituents is 1. The first-order valence-corrected chi connectivity index (χ1v) is 40.6. The van der Waals surface area contributed by atoms with Gasteiger partial charge in [0.05, 0.1) is 29.4 Å². The zero-order valence-electron chi connectivity index (χ0n) is 66.2. The Morgan fingerprint density at radius 1 is 0.644 bits per heavy atom. The van der Waals surface area contributed by atoms with Gasteiger partial charge in [0.25, 0.3) is 11.4 Å². The number of carbonyl (C=O) groups is 11. The molecule has 2 fully saturated rings. The lowest BCUT2D eigenvalue weighted by Crippen LogP contribution is -2.60. The summed E-state index contributed by atoms with van der Waals surface area (Å²) >= 11 is 1.36. The molecular weight excluding hydrogens is 1550 g/mol. The molecule has 0 bridgehead atoms. The van der Waals surface area contributed by atoms with E-state index in [2.05, 4.69) is 58.2 Å². The molecular formula is C79H105N19O19S. The van der Waals surface area contributed by atoms with Crippen LogP contribution in [-0.2, 0) is 72.0 Å². The number of phenolic OH excluding ortho intramolecular Hbond substituents is 1. The average Bonchev–Trinajstić information content (AvgIpc) is 1.32. The van der Waals surface area contributed by atoms with E-state index in [0.717, 1.165) is 12.1 Å². The number of fused-ring (bicyclic) bond motifs is 2. The first-order chi connectivity index (χ1) is 56.5. The minimum atomic E-state index is -1.44. The van der Waals surface area contributed by atoms with Gasteiger partial charge < -0.3 is 99.4 Å². The maximum Gasteiger partial charge on any atom is 0.336 e. The van der Waals surface area contributed by atoms with Gasteiger partial charge in [0.15, 0.2) is 5.96 Å². The van der Waals surface area contributed by atoms with Crippen LogP contribution in [-0.4, -0.2) is 213 Å². The third-order valence-electron chi connectivity index (χ3n) is 20.5. The van der Waals surface area contributed by atoms with Crippen molar-refractivity contribution in [2.75, 3.05) is 57.2 Å². The number of amides is 11. The van der Waals surface area contributed by atoms with Gasteiger partial charge in [0, 0.05) is 79.7 Å². The Labute approximate surface area is 683 Å². The lowest BCUT2D eigenvalue weighted by molar-refractivity contribution is -0.393. The number of aromatic nitrogens is 1. The minimum absolute atomic E-state index is 0.0129. The molecule has 0 spiro atoms.